The average molecular weight is 504 g/mol. The van der Waals surface area contributed by atoms with E-state index in [-0.39, 0.29) is 36.2 Å². The second-order valence-electron chi connectivity index (χ2n) is 8.91. The summed E-state index contributed by atoms with van der Waals surface area (Å²) in [6.07, 6.45) is -3.36. The molecule has 1 fully saturated rings. The summed E-state index contributed by atoms with van der Waals surface area (Å²) in [6, 6.07) is 6.77. The quantitative estimate of drug-likeness (QED) is 0.459. The van der Waals surface area contributed by atoms with Crippen LogP contribution in [-0.4, -0.2) is 50.4 Å². The van der Waals surface area contributed by atoms with Gasteiger partial charge in [0.2, 0.25) is 5.91 Å². The predicted molar refractivity (Wildman–Crippen MR) is 122 cm³/mol. The number of aromatic nitrogens is 4. The van der Waals surface area contributed by atoms with Gasteiger partial charge in [-0.15, -0.1) is 5.10 Å². The molecule has 1 aliphatic rings. The van der Waals surface area contributed by atoms with Crippen molar-refractivity contribution in [3.63, 3.8) is 0 Å². The van der Waals surface area contributed by atoms with E-state index in [4.69, 9.17) is 0 Å². The minimum Gasteiger partial charge on any atom is -0.339 e. The highest BCUT2D eigenvalue weighted by Crippen LogP contribution is 2.50. The van der Waals surface area contributed by atoms with Crippen molar-refractivity contribution in [2.24, 2.45) is 0 Å². The summed E-state index contributed by atoms with van der Waals surface area (Å²) in [5.74, 6) is -1.69. The van der Waals surface area contributed by atoms with Crippen LogP contribution >= 0.6 is 0 Å². The van der Waals surface area contributed by atoms with Gasteiger partial charge in [0.15, 0.2) is 5.82 Å². The first-order valence-electron chi connectivity index (χ1n) is 11.3. The lowest BCUT2D eigenvalue weighted by Gasteiger charge is -2.25. The number of halogens is 4. The molecular formula is C24H24F4N6O2. The second kappa shape index (κ2) is 9.32. The normalized spacial score (nSPS) is 15.3. The number of carbonyl (C=O) groups excluding carboxylic acids is 2. The fraction of sp³-hybridized carbons (Fsp3) is 0.375. The fourth-order valence-electron chi connectivity index (χ4n) is 4.02. The van der Waals surface area contributed by atoms with Gasteiger partial charge >= 0.3 is 6.18 Å². The average Bonchev–Trinajstić information content (AvgIpc) is 3.47. The molecule has 1 aromatic heterocycles. The lowest BCUT2D eigenvalue weighted by Crippen LogP contribution is -2.35. The Kier molecular flexibility index (Phi) is 6.54. The van der Waals surface area contributed by atoms with Gasteiger partial charge in [-0.2, -0.15) is 13.2 Å². The molecule has 2 aromatic carbocycles. The smallest absolute Gasteiger partial charge is 0.339 e. The van der Waals surface area contributed by atoms with Crippen LogP contribution in [0.25, 0.3) is 11.4 Å². The van der Waals surface area contributed by atoms with Crippen LogP contribution in [0.4, 0.5) is 23.2 Å². The van der Waals surface area contributed by atoms with Crippen molar-refractivity contribution in [2.45, 2.75) is 50.7 Å². The minimum absolute atomic E-state index is 0.0223. The second-order valence-corrected chi connectivity index (χ2v) is 8.91. The number of anilines is 1. The highest BCUT2D eigenvalue weighted by molar-refractivity contribution is 6.04. The third-order valence-electron chi connectivity index (χ3n) is 6.68. The number of carbonyl (C=O) groups is 2. The number of alkyl halides is 3. The van der Waals surface area contributed by atoms with Gasteiger partial charge in [-0.3, -0.25) is 9.59 Å². The molecule has 36 heavy (non-hydrogen) atoms. The molecule has 1 unspecified atom stereocenters. The molecule has 1 aliphatic carbocycles. The van der Waals surface area contributed by atoms with Gasteiger partial charge in [0, 0.05) is 29.9 Å². The van der Waals surface area contributed by atoms with E-state index in [0.717, 1.165) is 18.6 Å². The van der Waals surface area contributed by atoms with E-state index in [9.17, 15) is 27.2 Å². The van der Waals surface area contributed by atoms with Crippen molar-refractivity contribution in [3.8, 4) is 11.4 Å². The van der Waals surface area contributed by atoms with Gasteiger partial charge in [-0.05, 0) is 66.9 Å². The first-order chi connectivity index (χ1) is 17.0. The van der Waals surface area contributed by atoms with Crippen molar-refractivity contribution >= 4 is 17.5 Å². The summed E-state index contributed by atoms with van der Waals surface area (Å²) in [5, 5.41) is 16.3. The van der Waals surface area contributed by atoms with Crippen molar-refractivity contribution in [2.75, 3.05) is 12.4 Å². The number of hydrogen-bond acceptors (Lipinski definition) is 5. The minimum atomic E-state index is -4.69. The molecule has 0 saturated heterocycles. The number of aromatic amines is 1. The zero-order valence-electron chi connectivity index (χ0n) is 19.8. The Labute approximate surface area is 204 Å². The monoisotopic (exact) mass is 504 g/mol. The van der Waals surface area contributed by atoms with Crippen LogP contribution in [0.2, 0.25) is 0 Å². The summed E-state index contributed by atoms with van der Waals surface area (Å²) < 4.78 is 53.4. The summed E-state index contributed by atoms with van der Waals surface area (Å²) in [6.45, 7) is 3.87. The Morgan fingerprint density at radius 3 is 2.47 bits per heavy atom. The maximum Gasteiger partial charge on any atom is 0.416 e. The molecule has 12 heteroatoms. The summed E-state index contributed by atoms with van der Waals surface area (Å²) in [5.41, 5.74) is -1.52. The van der Waals surface area contributed by atoms with Crippen LogP contribution in [0.5, 0.6) is 0 Å². The van der Waals surface area contributed by atoms with Gasteiger partial charge in [0.1, 0.15) is 5.82 Å². The third-order valence-corrected chi connectivity index (χ3v) is 6.68. The highest BCUT2D eigenvalue weighted by atomic mass is 19.4. The van der Waals surface area contributed by atoms with E-state index in [2.05, 4.69) is 25.9 Å². The molecule has 1 atom stereocenters. The molecule has 3 aromatic rings. The summed E-state index contributed by atoms with van der Waals surface area (Å²) in [4.78, 5) is 27.9. The van der Waals surface area contributed by atoms with Gasteiger partial charge in [0.25, 0.3) is 5.91 Å². The lowest BCUT2D eigenvalue weighted by atomic mass is 9.93. The SMILES string of the molecule is CCC(C)N(C)C(=O)c1ccc(NC(=O)C2(c3ccc(C(F)(F)F)cc3F)CC2)cc1-c1nnn[nH]1. The molecule has 0 bridgehead atoms. The molecule has 1 saturated carbocycles. The molecule has 2 N–H and O–H groups in total. The van der Waals surface area contributed by atoms with Crippen LogP contribution < -0.4 is 5.32 Å². The number of rotatable bonds is 7. The topological polar surface area (TPSA) is 104 Å². The zero-order chi connectivity index (χ0) is 26.3. The van der Waals surface area contributed by atoms with E-state index in [1.54, 1.807) is 11.9 Å². The number of hydrogen-bond donors (Lipinski definition) is 2. The molecule has 1 heterocycles. The van der Waals surface area contributed by atoms with Crippen molar-refractivity contribution in [1.82, 2.24) is 25.5 Å². The molecule has 4 rings (SSSR count). The molecule has 8 nitrogen and oxygen atoms in total. The Bertz CT molecular complexity index is 1290. The van der Waals surface area contributed by atoms with Crippen LogP contribution in [0.3, 0.4) is 0 Å². The largest absolute Gasteiger partial charge is 0.416 e. The molecule has 2 amide bonds. The third kappa shape index (κ3) is 4.67. The Balaban J connectivity index is 1.63. The zero-order valence-corrected chi connectivity index (χ0v) is 19.8. The first kappa shape index (κ1) is 25.3. The highest BCUT2D eigenvalue weighted by Gasteiger charge is 2.53. The number of tetrazole rings is 1. The standard InChI is InChI=1S/C24H24F4N6O2/c1-4-13(2)34(3)21(35)16-7-6-15(12-17(16)20-30-32-33-31-20)29-22(36)23(9-10-23)18-8-5-14(11-19(18)25)24(26,27)28/h5-8,11-13H,4,9-10H2,1-3H3,(H,29,36)(H,30,31,32,33). The summed E-state index contributed by atoms with van der Waals surface area (Å²) >= 11 is 0. The van der Waals surface area contributed by atoms with Crippen molar-refractivity contribution in [3.05, 3.63) is 58.9 Å². The summed E-state index contributed by atoms with van der Waals surface area (Å²) in [7, 11) is 1.68. The van der Waals surface area contributed by atoms with E-state index in [1.165, 1.54) is 18.2 Å². The Hall–Kier alpha value is -3.83. The Morgan fingerprint density at radius 2 is 1.92 bits per heavy atom. The van der Waals surface area contributed by atoms with Crippen molar-refractivity contribution in [1.29, 1.82) is 0 Å². The molecule has 0 radical (unpaired) electrons. The van der Waals surface area contributed by atoms with Crippen molar-refractivity contribution < 1.29 is 27.2 Å². The number of benzene rings is 2. The molecule has 190 valence electrons. The van der Waals surface area contributed by atoms with E-state index < -0.39 is 28.9 Å². The van der Waals surface area contributed by atoms with Crippen LogP contribution in [-0.2, 0) is 16.4 Å². The van der Waals surface area contributed by atoms with Gasteiger partial charge < -0.3 is 10.2 Å². The predicted octanol–water partition coefficient (Wildman–Crippen LogP) is 4.57. The maximum atomic E-state index is 14.6. The van der Waals surface area contributed by atoms with E-state index in [0.29, 0.717) is 22.9 Å². The van der Waals surface area contributed by atoms with E-state index >= 15 is 0 Å². The molecule has 0 spiro atoms. The number of H-pyrrole nitrogens is 1. The van der Waals surface area contributed by atoms with Crippen LogP contribution in [0.1, 0.15) is 54.6 Å². The fourth-order valence-corrected chi connectivity index (χ4v) is 4.02. The molecule has 0 aliphatic heterocycles. The van der Waals surface area contributed by atoms with Gasteiger partial charge in [-0.1, -0.05) is 13.0 Å². The van der Waals surface area contributed by atoms with Crippen LogP contribution in [0, 0.1) is 5.82 Å². The van der Waals surface area contributed by atoms with E-state index in [1.807, 2.05) is 13.8 Å². The number of nitrogens with one attached hydrogen (secondary N) is 2. The first-order valence-corrected chi connectivity index (χ1v) is 11.3. The lowest BCUT2D eigenvalue weighted by molar-refractivity contribution is -0.137. The maximum absolute atomic E-state index is 14.6. The number of amides is 2. The van der Waals surface area contributed by atoms with Gasteiger partial charge in [-0.25, -0.2) is 9.49 Å². The van der Waals surface area contributed by atoms with Gasteiger partial charge in [0.05, 0.1) is 16.5 Å². The molecular weight excluding hydrogens is 480 g/mol. The van der Waals surface area contributed by atoms with Crippen LogP contribution in [0.15, 0.2) is 36.4 Å². The number of nitrogens with zero attached hydrogens (tertiary/aromatic N) is 4. The Morgan fingerprint density at radius 1 is 1.19 bits per heavy atom.